The first-order valence-electron chi connectivity index (χ1n) is 40.9. The van der Waals surface area contributed by atoms with E-state index in [1.807, 2.05) is 100 Å². The molecule has 13 rings (SSSR count). The Labute approximate surface area is 813 Å². The van der Waals surface area contributed by atoms with Gasteiger partial charge in [-0.2, -0.15) is 0 Å². The summed E-state index contributed by atoms with van der Waals surface area (Å²) in [6.07, 6.45) is 2.17. The van der Waals surface area contributed by atoms with Crippen LogP contribution in [0.5, 0.6) is 34.5 Å². The molecule has 0 aliphatic heterocycles. The summed E-state index contributed by atoms with van der Waals surface area (Å²) in [7, 11) is 14.3. The topological polar surface area (TPSA) is 368 Å². The van der Waals surface area contributed by atoms with Crippen molar-refractivity contribution in [2.24, 2.45) is 21.1 Å². The van der Waals surface area contributed by atoms with Crippen LogP contribution in [-0.4, -0.2) is 169 Å². The molecule has 131 heavy (non-hydrogen) atoms. The first kappa shape index (κ1) is 108. The first-order valence-corrected chi connectivity index (χ1v) is 45.5. The highest BCUT2D eigenvalue weighted by molar-refractivity contribution is 6.43. The number of benzene rings is 7. The lowest BCUT2D eigenvalue weighted by Gasteiger charge is -2.23. The van der Waals surface area contributed by atoms with Crippen LogP contribution in [0.4, 0.5) is 4.39 Å². The fourth-order valence-electron chi connectivity index (χ4n) is 13.7. The minimum Gasteiger partial charge on any atom is -0.504 e. The number of nitrogens with zero attached hydrogens (tertiary/aromatic N) is 16. The normalized spacial score (nSPS) is 11.6. The maximum atomic E-state index is 12.9. The Kier molecular flexibility index (Phi) is 38.6. The molecular weight excluding hydrogens is 1950 g/mol. The van der Waals surface area contributed by atoms with E-state index in [-0.39, 0.29) is 224 Å². The summed E-state index contributed by atoms with van der Waals surface area (Å²) < 4.78 is 21.9. The molecule has 0 spiro atoms. The maximum absolute atomic E-state index is 12.9. The van der Waals surface area contributed by atoms with Crippen molar-refractivity contribution < 1.29 is 35.0 Å². The number of fused-ring (bicyclic) bond motifs is 6. The number of aromatic nitrogens is 12. The molecule has 0 radical (unpaired) electrons. The Balaban J connectivity index is 0.000000194. The monoisotopic (exact) mass is 2040 g/mol. The molecule has 0 bridgehead atoms. The largest absolute Gasteiger partial charge is 0.504 e. The molecule has 8 N–H and O–H groups in total. The van der Waals surface area contributed by atoms with E-state index in [0.717, 1.165) is 44.6 Å². The van der Waals surface area contributed by atoms with Gasteiger partial charge >= 0.3 is 0 Å². The second kappa shape index (κ2) is 47.0. The van der Waals surface area contributed by atoms with E-state index < -0.39 is 0 Å². The van der Waals surface area contributed by atoms with Gasteiger partial charge in [0.05, 0.1) is 132 Å². The van der Waals surface area contributed by atoms with Crippen molar-refractivity contribution in [3.8, 4) is 34.5 Å². The molecule has 6 aromatic heterocycles. The zero-order valence-corrected chi connectivity index (χ0v) is 84.0. The third-order valence-corrected chi connectivity index (χ3v) is 24.3. The van der Waals surface area contributed by atoms with Crippen molar-refractivity contribution in [2.45, 2.75) is 146 Å². The maximum Gasteiger partial charge on any atom is 0.263 e. The van der Waals surface area contributed by atoms with Gasteiger partial charge in [0.15, 0.2) is 34.5 Å². The van der Waals surface area contributed by atoms with Gasteiger partial charge in [0, 0.05) is 45.8 Å². The molecule has 7 aromatic carbocycles. The van der Waals surface area contributed by atoms with Gasteiger partial charge in [0.25, 0.3) is 33.4 Å². The van der Waals surface area contributed by atoms with Crippen molar-refractivity contribution >= 4 is 205 Å². The van der Waals surface area contributed by atoms with Crippen LogP contribution in [0, 0.1) is 5.82 Å². The Morgan fingerprint density at radius 1 is 0.359 bits per heavy atom. The lowest BCUT2D eigenvalue weighted by Crippen LogP contribution is -2.32. The first-order chi connectivity index (χ1) is 61.5. The number of halogens is 13. The second-order valence-corrected chi connectivity index (χ2v) is 36.3. The number of aromatic hydroxyl groups is 6. The molecule has 13 aromatic rings. The van der Waals surface area contributed by atoms with Crippen molar-refractivity contribution in [3.05, 3.63) is 229 Å². The number of phenols is 6. The molecule has 706 valence electrons. The van der Waals surface area contributed by atoms with Gasteiger partial charge in [-0.15, -0.1) is 0 Å². The standard InChI is InChI=1S/C17H14Cl2FN3O2.C16H21Cl2N3O2.C15H19Cl2N3O2.C14H17Cl2N3O2.2C13H15Cl2N3O2/c1-23-13(8-21-7-9-2-4-10(20)5-3-9)22-15-14(17(23)25)11(18)6-12(19)16(15)24;1-5-20(6-2)8-12-19-14-13(16(23)21(12)9(3)4)10(17)7-11(18)15(14)22;1-4-5-6-19(2)8-11-18-13-12(15(22)20(11)3)9(16)7-10(17)14(13)21;1-7(2)19-10(6-18(3)4)17-12-11(14(19)21)8(15)5-9(16)13(12)20;1-6(2)18-9(5-16-3)17-11-10(13(18)20)7(14)4-8(15)12(11)19;1-4-17(2)6-9-16-11-10(13(20)18(9)3)7(14)5-8(15)12(11)19/h2-6,21,24H,7-8H2,1H3;7,9,22H,5-6,8H2,1-4H3;7,21H,4-6,8H2,1-3H3;5,7,20H,6H2,1-4H3;4,6,16,19H,5H2,1-3H3;5,19H,4,6H2,1-3H3. The summed E-state index contributed by atoms with van der Waals surface area (Å²) >= 11 is 72.0. The highest BCUT2D eigenvalue weighted by atomic mass is 35.5. The molecular formula is C88H101Cl12FN18O12. The van der Waals surface area contributed by atoms with Crippen molar-refractivity contribution in [1.29, 1.82) is 0 Å². The van der Waals surface area contributed by atoms with E-state index >= 15 is 0 Å². The van der Waals surface area contributed by atoms with Crippen LogP contribution in [0.15, 0.2) is 89.4 Å². The number of rotatable bonds is 23. The van der Waals surface area contributed by atoms with Crippen LogP contribution in [0.1, 0.15) is 141 Å². The van der Waals surface area contributed by atoms with Crippen molar-refractivity contribution in [2.75, 3.05) is 61.4 Å². The molecule has 0 atom stereocenters. The highest BCUT2D eigenvalue weighted by Crippen LogP contribution is 2.41. The number of hydrogen-bond donors (Lipinski definition) is 8. The molecule has 0 saturated heterocycles. The van der Waals surface area contributed by atoms with Gasteiger partial charge in [-0.3, -0.25) is 70.9 Å². The SMILES string of the molecule is CC(C)n1c(CN(C)C)nc2c(O)c(Cl)cc(Cl)c2c1=O.CCCCN(C)Cc1nc2c(O)c(Cl)cc(Cl)c2c(=O)n1C.CCN(C)Cc1nc2c(O)c(Cl)cc(Cl)c2c(=O)n1C.CCN(CC)Cc1nc2c(O)c(Cl)cc(Cl)c2c(=O)n1C(C)C.CNCc1nc2c(O)c(Cl)cc(Cl)c2c(=O)n1C(C)C.Cn1c(CNCc2ccc(F)cc2)nc2c(O)c(Cl)cc(Cl)c2c1=O. The average Bonchev–Trinajstić information content (AvgIpc) is 0.284. The molecule has 0 amide bonds. The lowest BCUT2D eigenvalue weighted by molar-refractivity contribution is 0.279. The van der Waals surface area contributed by atoms with Gasteiger partial charge in [0.1, 0.15) is 73.9 Å². The molecule has 43 heteroatoms. The van der Waals surface area contributed by atoms with Crippen molar-refractivity contribution in [1.82, 2.24) is 87.5 Å². The third-order valence-electron chi connectivity index (χ3n) is 20.8. The highest BCUT2D eigenvalue weighted by Gasteiger charge is 2.27. The second-order valence-electron chi connectivity index (χ2n) is 31.4. The smallest absolute Gasteiger partial charge is 0.263 e. The number of phenolic OH excluding ortho intramolecular Hbond substituents is 6. The van der Waals surface area contributed by atoms with Crippen LogP contribution in [0.2, 0.25) is 60.3 Å². The minimum atomic E-state index is -0.374. The molecule has 0 aliphatic rings. The molecule has 30 nitrogen and oxygen atoms in total. The quantitative estimate of drug-likeness (QED) is 0.0295. The van der Waals surface area contributed by atoms with Gasteiger partial charge in [0.2, 0.25) is 0 Å². The minimum absolute atomic E-state index is 0.0310. The van der Waals surface area contributed by atoms with Crippen LogP contribution >= 0.6 is 139 Å². The zero-order chi connectivity index (χ0) is 97.8. The Hall–Kier alpha value is -8.65. The van der Waals surface area contributed by atoms with Crippen LogP contribution in [0.25, 0.3) is 65.4 Å². The van der Waals surface area contributed by atoms with E-state index in [0.29, 0.717) is 74.2 Å². The van der Waals surface area contributed by atoms with E-state index in [4.69, 9.17) is 139 Å². The van der Waals surface area contributed by atoms with Crippen LogP contribution in [-0.2, 0) is 67.0 Å². The number of nitrogens with one attached hydrogen (secondary N) is 2. The summed E-state index contributed by atoms with van der Waals surface area (Å²) in [5, 5.41) is 69.1. The average molecular weight is 2050 g/mol. The third kappa shape index (κ3) is 24.7. The molecule has 0 fully saturated rings. The van der Waals surface area contributed by atoms with Gasteiger partial charge in [-0.25, -0.2) is 34.3 Å². The Morgan fingerprint density at radius 3 is 0.939 bits per heavy atom. The predicted molar refractivity (Wildman–Crippen MR) is 527 cm³/mol. The molecule has 6 heterocycles. The zero-order valence-electron chi connectivity index (χ0n) is 74.9. The van der Waals surface area contributed by atoms with E-state index in [2.05, 4.69) is 57.3 Å². The number of unbranched alkanes of at least 4 members (excludes halogenated alkanes) is 1. The van der Waals surface area contributed by atoms with Gasteiger partial charge in [-0.1, -0.05) is 185 Å². The van der Waals surface area contributed by atoms with Gasteiger partial charge in [-0.05, 0) is 163 Å². The van der Waals surface area contributed by atoms with Crippen LogP contribution in [0.3, 0.4) is 0 Å². The Morgan fingerprint density at radius 2 is 0.641 bits per heavy atom. The summed E-state index contributed by atoms with van der Waals surface area (Å²) in [6, 6.07) is 14.0. The molecule has 0 unspecified atom stereocenters. The molecule has 0 aliphatic carbocycles. The van der Waals surface area contributed by atoms with Crippen molar-refractivity contribution in [3.63, 3.8) is 0 Å². The van der Waals surface area contributed by atoms with Gasteiger partial charge < -0.3 is 46.2 Å². The molecule has 0 saturated carbocycles. The summed E-state index contributed by atoms with van der Waals surface area (Å²) in [5.41, 5.74) is -0.0922. The number of hydrogen-bond acceptors (Lipinski definition) is 24. The fourth-order valence-corrected chi connectivity index (χ4v) is 16.9. The van der Waals surface area contributed by atoms with E-state index in [1.54, 1.807) is 54.0 Å². The Bertz CT molecular complexity index is 6840. The van der Waals surface area contributed by atoms with Crippen LogP contribution < -0.4 is 44.0 Å². The summed E-state index contributed by atoms with van der Waals surface area (Å²) in [4.78, 5) is 110. The lowest BCUT2D eigenvalue weighted by atomic mass is 10.2. The van der Waals surface area contributed by atoms with E-state index in [1.165, 1.54) is 62.2 Å². The summed E-state index contributed by atoms with van der Waals surface area (Å²) in [5.74, 6) is 1.52. The predicted octanol–water partition coefficient (Wildman–Crippen LogP) is 18.5. The fraction of sp³-hybridized carbons (Fsp3) is 0.386. The summed E-state index contributed by atoms with van der Waals surface area (Å²) in [6.45, 7) is 26.1. The van der Waals surface area contributed by atoms with E-state index in [9.17, 15) is 63.8 Å².